The van der Waals surface area contributed by atoms with Crippen molar-refractivity contribution >= 4 is 33.2 Å². The second-order valence-electron chi connectivity index (χ2n) is 3.96. The maximum Gasteiger partial charge on any atom is 0.210 e. The molecular weight excluding hydrogens is 295 g/mol. The Morgan fingerprint density at radius 3 is 2.50 bits per heavy atom. The zero-order valence-electron chi connectivity index (χ0n) is 9.99. The summed E-state index contributed by atoms with van der Waals surface area (Å²) in [5, 5.41) is 9.05. The van der Waals surface area contributed by atoms with Gasteiger partial charge >= 0.3 is 0 Å². The lowest BCUT2D eigenvalue weighted by Gasteiger charge is -2.17. The Balaban J connectivity index is 2.68. The van der Waals surface area contributed by atoms with E-state index in [0.717, 1.165) is 12.0 Å². The van der Waals surface area contributed by atoms with Gasteiger partial charge < -0.3 is 5.32 Å². The third kappa shape index (κ3) is 5.12. The van der Waals surface area contributed by atoms with Gasteiger partial charge in [0.1, 0.15) is 0 Å². The van der Waals surface area contributed by atoms with E-state index in [1.165, 1.54) is 0 Å². The fourth-order valence-electron chi connectivity index (χ4n) is 1.60. The molecule has 0 aromatic heterocycles. The van der Waals surface area contributed by atoms with Gasteiger partial charge in [-0.3, -0.25) is 0 Å². The molecule has 0 amide bonds. The number of hydrogen-bond donors (Lipinski definition) is 2. The van der Waals surface area contributed by atoms with E-state index in [1.807, 2.05) is 13.0 Å². The summed E-state index contributed by atoms with van der Waals surface area (Å²) in [6, 6.07) is 5.40. The van der Waals surface area contributed by atoms with Crippen molar-refractivity contribution in [2.45, 2.75) is 19.4 Å². The van der Waals surface area contributed by atoms with E-state index in [2.05, 4.69) is 5.32 Å². The Hall–Kier alpha value is -0.330. The molecular formula is C11H16Cl2N2O2S. The van der Waals surface area contributed by atoms with Gasteiger partial charge in [-0.05, 0) is 24.1 Å². The van der Waals surface area contributed by atoms with Crippen molar-refractivity contribution in [3.8, 4) is 0 Å². The molecule has 0 aliphatic carbocycles. The number of benzene rings is 1. The second-order valence-corrected chi connectivity index (χ2v) is 6.50. The summed E-state index contributed by atoms with van der Waals surface area (Å²) >= 11 is 11.8. The van der Waals surface area contributed by atoms with Crippen LogP contribution in [0.3, 0.4) is 0 Å². The Labute approximate surface area is 118 Å². The molecule has 3 N–H and O–H groups in total. The molecule has 1 unspecified atom stereocenters. The molecule has 0 radical (unpaired) electrons. The van der Waals surface area contributed by atoms with E-state index in [1.54, 1.807) is 12.1 Å². The predicted molar refractivity (Wildman–Crippen MR) is 75.5 cm³/mol. The molecule has 0 saturated heterocycles. The van der Waals surface area contributed by atoms with Crippen LogP contribution in [0.2, 0.25) is 10.0 Å². The molecule has 7 heteroatoms. The summed E-state index contributed by atoms with van der Waals surface area (Å²) in [5.41, 5.74) is 0.973. The Kier molecular flexibility index (Phi) is 5.88. The van der Waals surface area contributed by atoms with E-state index in [9.17, 15) is 8.42 Å². The molecule has 102 valence electrons. The van der Waals surface area contributed by atoms with Gasteiger partial charge in [0.25, 0.3) is 0 Å². The lowest BCUT2D eigenvalue weighted by molar-refractivity contribution is 0.531. The molecule has 0 saturated carbocycles. The quantitative estimate of drug-likeness (QED) is 0.847. The third-order valence-electron chi connectivity index (χ3n) is 2.53. The maximum absolute atomic E-state index is 10.8. The molecule has 0 bridgehead atoms. The first-order valence-electron chi connectivity index (χ1n) is 5.52. The second kappa shape index (κ2) is 6.73. The molecule has 0 aliphatic rings. The van der Waals surface area contributed by atoms with E-state index in [4.69, 9.17) is 28.3 Å². The summed E-state index contributed by atoms with van der Waals surface area (Å²) in [6.45, 7) is 2.30. The molecule has 1 atom stereocenters. The van der Waals surface area contributed by atoms with Gasteiger partial charge in [0.2, 0.25) is 10.0 Å². The maximum atomic E-state index is 10.8. The normalized spacial score (nSPS) is 13.6. The first kappa shape index (κ1) is 15.7. The largest absolute Gasteiger partial charge is 0.309 e. The Bertz CT molecular complexity index is 506. The predicted octanol–water partition coefficient (Wildman–Crippen LogP) is 2.32. The van der Waals surface area contributed by atoms with Crippen LogP contribution in [0.1, 0.15) is 24.9 Å². The number of rotatable bonds is 6. The van der Waals surface area contributed by atoms with Crippen LogP contribution in [0.4, 0.5) is 0 Å². The number of nitrogens with two attached hydrogens (primary N) is 1. The van der Waals surface area contributed by atoms with Crippen LogP contribution in [-0.2, 0) is 10.0 Å². The van der Waals surface area contributed by atoms with Crippen LogP contribution in [0.5, 0.6) is 0 Å². The lowest BCUT2D eigenvalue weighted by atomic mass is 10.0. The molecule has 1 rings (SSSR count). The number of sulfonamides is 1. The van der Waals surface area contributed by atoms with E-state index >= 15 is 0 Å². The van der Waals surface area contributed by atoms with Gasteiger partial charge in [-0.1, -0.05) is 36.2 Å². The zero-order chi connectivity index (χ0) is 13.8. The monoisotopic (exact) mass is 310 g/mol. The van der Waals surface area contributed by atoms with Gasteiger partial charge in [0.05, 0.1) is 15.8 Å². The standard InChI is InChI=1S/C11H16Cl2N2O2S/c1-2-11(15-5-6-18(14,16)17)8-3-4-9(12)10(13)7-8/h3-4,7,11,15H,2,5-6H2,1H3,(H2,14,16,17). The number of primary sulfonamides is 1. The van der Waals surface area contributed by atoms with Crippen LogP contribution in [-0.4, -0.2) is 20.7 Å². The lowest BCUT2D eigenvalue weighted by Crippen LogP contribution is -2.29. The molecule has 4 nitrogen and oxygen atoms in total. The summed E-state index contributed by atoms with van der Waals surface area (Å²) in [6.07, 6.45) is 0.808. The van der Waals surface area contributed by atoms with Crippen LogP contribution < -0.4 is 10.5 Å². The van der Waals surface area contributed by atoms with Gasteiger partial charge in [-0.25, -0.2) is 13.6 Å². The topological polar surface area (TPSA) is 72.2 Å². The van der Waals surface area contributed by atoms with Crippen molar-refractivity contribution in [2.24, 2.45) is 5.14 Å². The van der Waals surface area contributed by atoms with Crippen molar-refractivity contribution in [1.29, 1.82) is 0 Å². The average Bonchev–Trinajstić information content (AvgIpc) is 2.27. The first-order valence-corrected chi connectivity index (χ1v) is 7.99. The SMILES string of the molecule is CCC(NCCS(N)(=O)=O)c1ccc(Cl)c(Cl)c1. The highest BCUT2D eigenvalue weighted by atomic mass is 35.5. The van der Waals surface area contributed by atoms with Gasteiger partial charge in [0, 0.05) is 12.6 Å². The van der Waals surface area contributed by atoms with Crippen LogP contribution in [0, 0.1) is 0 Å². The molecule has 0 heterocycles. The van der Waals surface area contributed by atoms with Crippen molar-refractivity contribution < 1.29 is 8.42 Å². The van der Waals surface area contributed by atoms with Crippen molar-refractivity contribution in [2.75, 3.05) is 12.3 Å². The number of hydrogen-bond acceptors (Lipinski definition) is 3. The number of halogens is 2. The summed E-state index contributed by atoms with van der Waals surface area (Å²) < 4.78 is 21.7. The minimum Gasteiger partial charge on any atom is -0.309 e. The molecule has 1 aromatic carbocycles. The van der Waals surface area contributed by atoms with Crippen molar-refractivity contribution in [3.63, 3.8) is 0 Å². The Morgan fingerprint density at radius 2 is 2.00 bits per heavy atom. The molecule has 0 spiro atoms. The van der Waals surface area contributed by atoms with Crippen LogP contribution >= 0.6 is 23.2 Å². The highest BCUT2D eigenvalue weighted by molar-refractivity contribution is 7.89. The highest BCUT2D eigenvalue weighted by Gasteiger charge is 2.11. The third-order valence-corrected chi connectivity index (χ3v) is 4.04. The molecule has 18 heavy (non-hydrogen) atoms. The highest BCUT2D eigenvalue weighted by Crippen LogP contribution is 2.26. The zero-order valence-corrected chi connectivity index (χ0v) is 12.3. The average molecular weight is 311 g/mol. The van der Waals surface area contributed by atoms with Gasteiger partial charge in [-0.15, -0.1) is 0 Å². The minimum absolute atomic E-state index is 0.0292. The fourth-order valence-corrected chi connectivity index (χ4v) is 2.31. The van der Waals surface area contributed by atoms with Gasteiger partial charge in [-0.2, -0.15) is 0 Å². The Morgan fingerprint density at radius 1 is 1.33 bits per heavy atom. The summed E-state index contributed by atoms with van der Waals surface area (Å²) in [4.78, 5) is 0. The number of nitrogens with one attached hydrogen (secondary N) is 1. The van der Waals surface area contributed by atoms with E-state index < -0.39 is 10.0 Å². The smallest absolute Gasteiger partial charge is 0.210 e. The molecule has 0 fully saturated rings. The molecule has 1 aromatic rings. The summed E-state index contributed by atoms with van der Waals surface area (Å²) in [5.74, 6) is -0.0924. The van der Waals surface area contributed by atoms with Crippen molar-refractivity contribution in [3.05, 3.63) is 33.8 Å². The fraction of sp³-hybridized carbons (Fsp3) is 0.455. The van der Waals surface area contributed by atoms with Crippen molar-refractivity contribution in [1.82, 2.24) is 5.32 Å². The molecule has 0 aliphatic heterocycles. The first-order chi connectivity index (χ1) is 8.33. The van der Waals surface area contributed by atoms with Crippen LogP contribution in [0.15, 0.2) is 18.2 Å². The summed E-state index contributed by atoms with van der Waals surface area (Å²) in [7, 11) is -3.43. The van der Waals surface area contributed by atoms with E-state index in [0.29, 0.717) is 16.6 Å². The van der Waals surface area contributed by atoms with E-state index in [-0.39, 0.29) is 11.8 Å². The van der Waals surface area contributed by atoms with Crippen LogP contribution in [0.25, 0.3) is 0 Å². The minimum atomic E-state index is -3.43. The van der Waals surface area contributed by atoms with Gasteiger partial charge in [0.15, 0.2) is 0 Å².